The molecule has 0 saturated heterocycles. The number of hydrogen-bond donors (Lipinski definition) is 1. The second-order valence-corrected chi connectivity index (χ2v) is 12.4. The fourth-order valence-corrected chi connectivity index (χ4v) is 6.01. The predicted octanol–water partition coefficient (Wildman–Crippen LogP) is 7.13. The summed E-state index contributed by atoms with van der Waals surface area (Å²) in [5.41, 5.74) is 0.0688. The molecule has 2 aromatic heterocycles. The number of rotatable bonds is 8. The molecule has 6 nitrogen and oxygen atoms in total. The predicted molar refractivity (Wildman–Crippen MR) is 143 cm³/mol. The SMILES string of the molecule is CCCCc1nccc(-c2sc(C(C)(C)C)nc2-c2cccc(NS(=O)(=O)c3c(F)cccc3F)c2F)n1. The van der Waals surface area contributed by atoms with Crippen molar-refractivity contribution in [2.45, 2.75) is 57.3 Å². The van der Waals surface area contributed by atoms with E-state index in [1.165, 1.54) is 29.5 Å². The number of benzene rings is 2. The fourth-order valence-electron chi connectivity index (χ4n) is 3.71. The highest BCUT2D eigenvalue weighted by molar-refractivity contribution is 7.92. The molecule has 0 aliphatic carbocycles. The summed E-state index contributed by atoms with van der Waals surface area (Å²) >= 11 is 1.37. The molecule has 0 unspecified atom stereocenters. The highest BCUT2D eigenvalue weighted by atomic mass is 32.2. The minimum Gasteiger partial charge on any atom is -0.276 e. The Labute approximate surface area is 224 Å². The molecular weight excluding hydrogens is 533 g/mol. The number of aryl methyl sites for hydroxylation is 1. The maximum absolute atomic E-state index is 15.9. The van der Waals surface area contributed by atoms with E-state index in [9.17, 15) is 17.2 Å². The van der Waals surface area contributed by atoms with Crippen LogP contribution >= 0.6 is 11.3 Å². The summed E-state index contributed by atoms with van der Waals surface area (Å²) in [5, 5.41) is 0.732. The molecule has 11 heteroatoms. The fraction of sp³-hybridized carbons (Fsp3) is 0.296. The molecule has 38 heavy (non-hydrogen) atoms. The Hall–Kier alpha value is -3.31. The van der Waals surface area contributed by atoms with Gasteiger partial charge in [0.25, 0.3) is 10.0 Å². The lowest BCUT2D eigenvalue weighted by Crippen LogP contribution is -2.17. The third kappa shape index (κ3) is 5.73. The normalized spacial score (nSPS) is 12.1. The lowest BCUT2D eigenvalue weighted by molar-refractivity contribution is 0.521. The molecule has 0 radical (unpaired) electrons. The van der Waals surface area contributed by atoms with Gasteiger partial charge < -0.3 is 0 Å². The number of sulfonamides is 1. The summed E-state index contributed by atoms with van der Waals surface area (Å²) in [6.45, 7) is 8.02. The van der Waals surface area contributed by atoms with E-state index in [-0.39, 0.29) is 16.7 Å². The maximum atomic E-state index is 15.9. The van der Waals surface area contributed by atoms with Crippen LogP contribution in [0, 0.1) is 17.5 Å². The monoisotopic (exact) mass is 560 g/mol. The number of unbranched alkanes of at least 4 members (excludes halogenated alkanes) is 1. The first-order valence-electron chi connectivity index (χ1n) is 12.0. The second kappa shape index (κ2) is 10.8. The summed E-state index contributed by atoms with van der Waals surface area (Å²) in [6, 6.07) is 8.50. The van der Waals surface area contributed by atoms with E-state index in [2.05, 4.69) is 16.9 Å². The molecule has 0 aliphatic heterocycles. The van der Waals surface area contributed by atoms with Gasteiger partial charge in [0.1, 0.15) is 17.5 Å². The third-order valence-corrected chi connectivity index (χ3v) is 8.57. The molecule has 0 bridgehead atoms. The van der Waals surface area contributed by atoms with Gasteiger partial charge in [0.15, 0.2) is 10.7 Å². The molecule has 4 aromatic rings. The smallest absolute Gasteiger partial charge is 0.267 e. The molecule has 0 saturated carbocycles. The van der Waals surface area contributed by atoms with E-state index in [0.717, 1.165) is 36.0 Å². The standard InChI is InChI=1S/C27H27F3N4O2S2/c1-5-6-13-21-31-15-14-20(32-21)24-23(33-26(37-24)27(2,3)4)16-9-7-12-19(22(16)30)34-38(35,36)25-17(28)10-8-11-18(25)29/h7-12,14-15,34H,5-6,13H2,1-4H3. The number of halogens is 3. The Morgan fingerprint density at radius 1 is 0.974 bits per heavy atom. The quantitative estimate of drug-likeness (QED) is 0.248. The zero-order valence-electron chi connectivity index (χ0n) is 21.3. The second-order valence-electron chi connectivity index (χ2n) is 9.73. The van der Waals surface area contributed by atoms with Gasteiger partial charge in [0.2, 0.25) is 0 Å². The largest absolute Gasteiger partial charge is 0.276 e. The first-order valence-corrected chi connectivity index (χ1v) is 14.3. The van der Waals surface area contributed by atoms with Crippen LogP contribution in [0.3, 0.4) is 0 Å². The number of thiazole rings is 1. The van der Waals surface area contributed by atoms with Gasteiger partial charge in [-0.3, -0.25) is 4.72 Å². The van der Waals surface area contributed by atoms with Gasteiger partial charge in [0.05, 0.1) is 27.0 Å². The molecule has 0 fully saturated rings. The van der Waals surface area contributed by atoms with E-state index in [1.807, 2.05) is 25.5 Å². The Morgan fingerprint density at radius 2 is 1.66 bits per heavy atom. The number of anilines is 1. The zero-order valence-corrected chi connectivity index (χ0v) is 23.0. The van der Waals surface area contributed by atoms with Crippen molar-refractivity contribution in [1.29, 1.82) is 0 Å². The third-order valence-electron chi connectivity index (χ3n) is 5.65. The van der Waals surface area contributed by atoms with Crippen LogP contribution < -0.4 is 4.72 Å². The average Bonchev–Trinajstić information content (AvgIpc) is 3.30. The van der Waals surface area contributed by atoms with Crippen LogP contribution in [0.25, 0.3) is 21.8 Å². The van der Waals surface area contributed by atoms with Crippen LogP contribution in [0.4, 0.5) is 18.9 Å². The summed E-state index contributed by atoms with van der Waals surface area (Å²) in [6.07, 6.45) is 4.25. The van der Waals surface area contributed by atoms with Crippen LogP contribution in [-0.2, 0) is 21.9 Å². The van der Waals surface area contributed by atoms with Gasteiger partial charge >= 0.3 is 0 Å². The van der Waals surface area contributed by atoms with E-state index in [0.29, 0.717) is 22.8 Å². The molecule has 2 heterocycles. The average molecular weight is 561 g/mol. The minimum absolute atomic E-state index is 0.0228. The van der Waals surface area contributed by atoms with Gasteiger partial charge in [-0.2, -0.15) is 0 Å². The molecule has 2 aromatic carbocycles. The zero-order chi connectivity index (χ0) is 27.7. The Kier molecular flexibility index (Phi) is 7.89. The molecule has 4 rings (SSSR count). The van der Waals surface area contributed by atoms with Crippen LogP contribution in [0.5, 0.6) is 0 Å². The summed E-state index contributed by atoms with van der Waals surface area (Å²) in [4.78, 5) is 13.2. The molecule has 0 aliphatic rings. The van der Waals surface area contributed by atoms with Crippen molar-refractivity contribution in [1.82, 2.24) is 15.0 Å². The summed E-state index contributed by atoms with van der Waals surface area (Å²) in [7, 11) is -4.77. The summed E-state index contributed by atoms with van der Waals surface area (Å²) in [5.74, 6) is -2.84. The Morgan fingerprint density at radius 3 is 2.32 bits per heavy atom. The number of nitrogens with one attached hydrogen (secondary N) is 1. The molecule has 200 valence electrons. The molecule has 0 amide bonds. The first kappa shape index (κ1) is 27.7. The maximum Gasteiger partial charge on any atom is 0.267 e. The number of aromatic nitrogens is 3. The van der Waals surface area contributed by atoms with E-state index in [4.69, 9.17) is 4.98 Å². The van der Waals surface area contributed by atoms with Gasteiger partial charge in [-0.1, -0.05) is 46.2 Å². The molecule has 1 N–H and O–H groups in total. The van der Waals surface area contributed by atoms with Crippen LogP contribution in [0.2, 0.25) is 0 Å². The minimum atomic E-state index is -4.77. The molecule has 0 atom stereocenters. The van der Waals surface area contributed by atoms with Crippen molar-refractivity contribution in [2.75, 3.05) is 4.72 Å². The lowest BCUT2D eigenvalue weighted by atomic mass is 9.98. The van der Waals surface area contributed by atoms with Gasteiger partial charge in [-0.25, -0.2) is 36.5 Å². The summed E-state index contributed by atoms with van der Waals surface area (Å²) < 4.78 is 71.8. The van der Waals surface area contributed by atoms with Crippen molar-refractivity contribution < 1.29 is 21.6 Å². The van der Waals surface area contributed by atoms with Crippen molar-refractivity contribution in [3.63, 3.8) is 0 Å². The van der Waals surface area contributed by atoms with Crippen LogP contribution in [0.15, 0.2) is 53.6 Å². The van der Waals surface area contributed by atoms with Gasteiger partial charge in [-0.15, -0.1) is 11.3 Å². The van der Waals surface area contributed by atoms with Crippen molar-refractivity contribution >= 4 is 27.0 Å². The molecule has 0 spiro atoms. The van der Waals surface area contributed by atoms with Gasteiger partial charge in [0, 0.05) is 23.6 Å². The van der Waals surface area contributed by atoms with Crippen molar-refractivity contribution in [2.24, 2.45) is 0 Å². The van der Waals surface area contributed by atoms with Gasteiger partial charge in [-0.05, 0) is 36.8 Å². The highest BCUT2D eigenvalue weighted by Gasteiger charge is 2.28. The highest BCUT2D eigenvalue weighted by Crippen LogP contribution is 2.42. The van der Waals surface area contributed by atoms with Crippen LogP contribution in [0.1, 0.15) is 51.4 Å². The topological polar surface area (TPSA) is 84.8 Å². The number of hydrogen-bond acceptors (Lipinski definition) is 6. The van der Waals surface area contributed by atoms with E-state index >= 15 is 4.39 Å². The molecular formula is C27H27F3N4O2S2. The van der Waals surface area contributed by atoms with E-state index < -0.39 is 38.1 Å². The Bertz CT molecular complexity index is 1560. The first-order chi connectivity index (χ1) is 17.9. The van der Waals surface area contributed by atoms with Crippen molar-refractivity contribution in [3.8, 4) is 21.8 Å². The number of nitrogens with zero attached hydrogens (tertiary/aromatic N) is 3. The van der Waals surface area contributed by atoms with Crippen molar-refractivity contribution in [3.05, 3.63) is 76.9 Å². The van der Waals surface area contributed by atoms with Crippen LogP contribution in [-0.4, -0.2) is 23.4 Å². The lowest BCUT2D eigenvalue weighted by Gasteiger charge is -2.14. The van der Waals surface area contributed by atoms with E-state index in [1.54, 1.807) is 12.3 Å². The Balaban J connectivity index is 1.83.